The first-order chi connectivity index (χ1) is 11.8. The predicted molar refractivity (Wildman–Crippen MR) is 91.9 cm³/mol. The van der Waals surface area contributed by atoms with Crippen molar-refractivity contribution in [3.05, 3.63) is 60.6 Å². The van der Waals surface area contributed by atoms with Gasteiger partial charge in [-0.05, 0) is 18.2 Å². The van der Waals surface area contributed by atoms with Crippen LogP contribution in [0.4, 0.5) is 5.69 Å². The quantitative estimate of drug-likeness (QED) is 0.723. The van der Waals surface area contributed by atoms with Crippen molar-refractivity contribution in [1.82, 2.24) is 19.9 Å². The molecular formula is C18H17N5O. The number of carbonyl (C=O) groups is 1. The van der Waals surface area contributed by atoms with E-state index in [0.29, 0.717) is 29.8 Å². The zero-order chi connectivity index (χ0) is 16.4. The van der Waals surface area contributed by atoms with E-state index in [-0.39, 0.29) is 5.91 Å². The number of piperazine rings is 1. The van der Waals surface area contributed by atoms with Crippen LogP contribution in [0, 0.1) is 0 Å². The summed E-state index contributed by atoms with van der Waals surface area (Å²) in [6.45, 7) is 3.06. The highest BCUT2D eigenvalue weighted by Gasteiger charge is 2.22. The molecule has 0 N–H and O–H groups in total. The van der Waals surface area contributed by atoms with Gasteiger partial charge >= 0.3 is 0 Å². The SMILES string of the molecule is O=C(c1cnc2nccnc2c1)N1CCN(c2ccccc2)CC1. The maximum Gasteiger partial charge on any atom is 0.255 e. The third kappa shape index (κ3) is 2.78. The molecule has 6 heteroatoms. The van der Waals surface area contributed by atoms with E-state index < -0.39 is 0 Å². The van der Waals surface area contributed by atoms with Gasteiger partial charge in [0.25, 0.3) is 5.91 Å². The van der Waals surface area contributed by atoms with Gasteiger partial charge in [0.15, 0.2) is 5.65 Å². The van der Waals surface area contributed by atoms with Gasteiger partial charge < -0.3 is 9.80 Å². The van der Waals surface area contributed by atoms with Crippen molar-refractivity contribution in [2.75, 3.05) is 31.1 Å². The van der Waals surface area contributed by atoms with Gasteiger partial charge in [-0.25, -0.2) is 9.97 Å². The van der Waals surface area contributed by atoms with Gasteiger partial charge in [0.1, 0.15) is 5.52 Å². The van der Waals surface area contributed by atoms with E-state index in [2.05, 4.69) is 32.0 Å². The van der Waals surface area contributed by atoms with Gasteiger partial charge in [-0.3, -0.25) is 9.78 Å². The van der Waals surface area contributed by atoms with Crippen LogP contribution in [0.5, 0.6) is 0 Å². The minimum absolute atomic E-state index is 0.00256. The Hall–Kier alpha value is -3.02. The number of para-hydroxylation sites is 1. The summed E-state index contributed by atoms with van der Waals surface area (Å²) < 4.78 is 0. The maximum absolute atomic E-state index is 12.7. The normalized spacial score (nSPS) is 14.8. The van der Waals surface area contributed by atoms with E-state index in [1.165, 1.54) is 5.69 Å². The fourth-order valence-corrected chi connectivity index (χ4v) is 2.96. The standard InChI is InChI=1S/C18H17N5O/c24-18(14-12-16-17(21-13-14)20-7-6-19-16)23-10-8-22(9-11-23)15-4-2-1-3-5-15/h1-7,12-13H,8-11H2. The maximum atomic E-state index is 12.7. The van der Waals surface area contributed by atoms with Crippen LogP contribution in [0.15, 0.2) is 55.0 Å². The first-order valence-electron chi connectivity index (χ1n) is 7.97. The molecule has 0 bridgehead atoms. The van der Waals surface area contributed by atoms with Crippen molar-refractivity contribution < 1.29 is 4.79 Å². The Morgan fingerprint density at radius 3 is 2.46 bits per heavy atom. The molecule has 0 aliphatic carbocycles. The third-order valence-corrected chi connectivity index (χ3v) is 4.26. The number of benzene rings is 1. The smallest absolute Gasteiger partial charge is 0.255 e. The second-order valence-corrected chi connectivity index (χ2v) is 5.74. The second-order valence-electron chi connectivity index (χ2n) is 5.74. The summed E-state index contributed by atoms with van der Waals surface area (Å²) in [7, 11) is 0. The molecule has 1 saturated heterocycles. The summed E-state index contributed by atoms with van der Waals surface area (Å²) in [6, 6.07) is 12.1. The van der Waals surface area contributed by atoms with E-state index >= 15 is 0 Å². The summed E-state index contributed by atoms with van der Waals surface area (Å²) in [6.07, 6.45) is 4.79. The minimum Gasteiger partial charge on any atom is -0.368 e. The zero-order valence-corrected chi connectivity index (χ0v) is 13.2. The number of carbonyl (C=O) groups excluding carboxylic acids is 1. The molecule has 0 spiro atoms. The number of nitrogens with zero attached hydrogens (tertiary/aromatic N) is 5. The molecule has 0 saturated carbocycles. The highest BCUT2D eigenvalue weighted by atomic mass is 16.2. The van der Waals surface area contributed by atoms with Gasteiger partial charge in [0.2, 0.25) is 0 Å². The predicted octanol–water partition coefficient (Wildman–Crippen LogP) is 1.99. The average molecular weight is 319 g/mol. The molecule has 24 heavy (non-hydrogen) atoms. The first kappa shape index (κ1) is 14.6. The second kappa shape index (κ2) is 6.23. The molecule has 1 fully saturated rings. The molecule has 120 valence electrons. The first-order valence-corrected chi connectivity index (χ1v) is 7.97. The van der Waals surface area contributed by atoms with Crippen LogP contribution in [0.2, 0.25) is 0 Å². The number of aromatic nitrogens is 3. The number of amides is 1. The Bertz CT molecular complexity index is 859. The Kier molecular flexibility index (Phi) is 3.78. The van der Waals surface area contributed by atoms with E-state index in [4.69, 9.17) is 0 Å². The van der Waals surface area contributed by atoms with E-state index in [0.717, 1.165) is 13.1 Å². The fraction of sp³-hybridized carbons (Fsp3) is 0.222. The van der Waals surface area contributed by atoms with Crippen molar-refractivity contribution in [3.63, 3.8) is 0 Å². The van der Waals surface area contributed by atoms with Crippen molar-refractivity contribution in [2.24, 2.45) is 0 Å². The summed E-state index contributed by atoms with van der Waals surface area (Å²) >= 11 is 0. The van der Waals surface area contributed by atoms with Crippen molar-refractivity contribution in [2.45, 2.75) is 0 Å². The molecule has 3 heterocycles. The van der Waals surface area contributed by atoms with Crippen molar-refractivity contribution in [3.8, 4) is 0 Å². The molecular weight excluding hydrogens is 302 g/mol. The summed E-state index contributed by atoms with van der Waals surface area (Å²) in [5.41, 5.74) is 2.97. The van der Waals surface area contributed by atoms with Gasteiger partial charge in [-0.15, -0.1) is 0 Å². The van der Waals surface area contributed by atoms with Crippen LogP contribution in [-0.4, -0.2) is 51.9 Å². The number of pyridine rings is 1. The highest BCUT2D eigenvalue weighted by molar-refractivity contribution is 5.96. The van der Waals surface area contributed by atoms with Crippen LogP contribution in [0.25, 0.3) is 11.2 Å². The van der Waals surface area contributed by atoms with Crippen LogP contribution in [-0.2, 0) is 0 Å². The largest absolute Gasteiger partial charge is 0.368 e. The van der Waals surface area contributed by atoms with E-state index in [9.17, 15) is 4.79 Å². The fourth-order valence-electron chi connectivity index (χ4n) is 2.96. The lowest BCUT2D eigenvalue weighted by Crippen LogP contribution is -2.48. The topological polar surface area (TPSA) is 62.2 Å². The van der Waals surface area contributed by atoms with Gasteiger partial charge in [-0.1, -0.05) is 18.2 Å². The lowest BCUT2D eigenvalue weighted by atomic mass is 10.2. The zero-order valence-electron chi connectivity index (χ0n) is 13.2. The highest BCUT2D eigenvalue weighted by Crippen LogP contribution is 2.17. The van der Waals surface area contributed by atoms with E-state index in [1.807, 2.05) is 23.1 Å². The number of hydrogen-bond acceptors (Lipinski definition) is 5. The Morgan fingerprint density at radius 2 is 1.67 bits per heavy atom. The van der Waals surface area contributed by atoms with Crippen LogP contribution in [0.3, 0.4) is 0 Å². The van der Waals surface area contributed by atoms with Gasteiger partial charge in [0.05, 0.1) is 5.56 Å². The summed E-state index contributed by atoms with van der Waals surface area (Å²) in [4.78, 5) is 29.5. The molecule has 1 amide bonds. The molecule has 6 nitrogen and oxygen atoms in total. The summed E-state index contributed by atoms with van der Waals surface area (Å²) in [5, 5.41) is 0. The molecule has 4 rings (SSSR count). The number of rotatable bonds is 2. The Morgan fingerprint density at radius 1 is 0.917 bits per heavy atom. The number of anilines is 1. The van der Waals surface area contributed by atoms with Crippen molar-refractivity contribution >= 4 is 22.8 Å². The van der Waals surface area contributed by atoms with Crippen LogP contribution in [0.1, 0.15) is 10.4 Å². The Labute approximate surface area is 139 Å². The average Bonchev–Trinajstić information content (AvgIpc) is 2.68. The molecule has 1 aliphatic heterocycles. The van der Waals surface area contributed by atoms with Gasteiger partial charge in [0, 0.05) is 50.5 Å². The Balaban J connectivity index is 1.47. The molecule has 1 aromatic carbocycles. The number of fused-ring (bicyclic) bond motifs is 1. The third-order valence-electron chi connectivity index (χ3n) is 4.26. The molecule has 1 aliphatic rings. The lowest BCUT2D eigenvalue weighted by molar-refractivity contribution is 0.0746. The molecule has 0 atom stereocenters. The molecule has 3 aromatic rings. The summed E-state index contributed by atoms with van der Waals surface area (Å²) in [5.74, 6) is 0.00256. The van der Waals surface area contributed by atoms with E-state index in [1.54, 1.807) is 24.7 Å². The minimum atomic E-state index is 0.00256. The van der Waals surface area contributed by atoms with Gasteiger partial charge in [-0.2, -0.15) is 0 Å². The molecule has 2 aromatic heterocycles. The number of hydrogen-bond donors (Lipinski definition) is 0. The van der Waals surface area contributed by atoms with Crippen LogP contribution >= 0.6 is 0 Å². The monoisotopic (exact) mass is 319 g/mol. The molecule has 0 radical (unpaired) electrons. The van der Waals surface area contributed by atoms with Crippen molar-refractivity contribution in [1.29, 1.82) is 0 Å². The lowest BCUT2D eigenvalue weighted by Gasteiger charge is -2.36. The molecule has 0 unspecified atom stereocenters. The van der Waals surface area contributed by atoms with Crippen LogP contribution < -0.4 is 4.90 Å².